The van der Waals surface area contributed by atoms with Crippen molar-refractivity contribution in [1.29, 1.82) is 0 Å². The largest absolute Gasteiger partial charge is 0.396 e. The van der Waals surface area contributed by atoms with Crippen molar-refractivity contribution in [1.82, 2.24) is 10.2 Å². The van der Waals surface area contributed by atoms with Gasteiger partial charge in [-0.05, 0) is 13.3 Å². The third-order valence-corrected chi connectivity index (χ3v) is 3.87. The van der Waals surface area contributed by atoms with Crippen LogP contribution in [0.3, 0.4) is 0 Å². The van der Waals surface area contributed by atoms with Crippen LogP contribution in [0.15, 0.2) is 0 Å². The van der Waals surface area contributed by atoms with Gasteiger partial charge in [0.25, 0.3) is 0 Å². The standard InChI is InChI=1S/C11H22N2O2S/c1-2-13(5-3-6-14)11(15)8-10-9-16-7-4-12-10/h10,12,14H,2-9H2,1H3. The molecule has 0 spiro atoms. The third kappa shape index (κ3) is 4.72. The average Bonchev–Trinajstić information content (AvgIpc) is 2.31. The molecule has 0 radical (unpaired) electrons. The first-order chi connectivity index (χ1) is 7.77. The summed E-state index contributed by atoms with van der Waals surface area (Å²) in [5.41, 5.74) is 0. The molecule has 1 saturated heterocycles. The van der Waals surface area contributed by atoms with Crippen LogP contribution in [0.25, 0.3) is 0 Å². The van der Waals surface area contributed by atoms with E-state index in [1.54, 1.807) is 0 Å². The monoisotopic (exact) mass is 246 g/mol. The Kier molecular flexibility index (Phi) is 6.84. The number of hydrogen-bond donors (Lipinski definition) is 2. The number of carbonyl (C=O) groups is 1. The van der Waals surface area contributed by atoms with Gasteiger partial charge in [-0.1, -0.05) is 0 Å². The molecule has 4 nitrogen and oxygen atoms in total. The molecule has 1 heterocycles. The van der Waals surface area contributed by atoms with Gasteiger partial charge in [-0.3, -0.25) is 4.79 Å². The summed E-state index contributed by atoms with van der Waals surface area (Å²) >= 11 is 1.91. The molecule has 1 rings (SSSR count). The summed E-state index contributed by atoms with van der Waals surface area (Å²) < 4.78 is 0. The Morgan fingerprint density at radius 3 is 3.00 bits per heavy atom. The summed E-state index contributed by atoms with van der Waals surface area (Å²) in [5.74, 6) is 2.38. The number of nitrogens with one attached hydrogen (secondary N) is 1. The first-order valence-electron chi connectivity index (χ1n) is 5.97. The Morgan fingerprint density at radius 1 is 1.62 bits per heavy atom. The highest BCUT2D eigenvalue weighted by Crippen LogP contribution is 2.11. The second-order valence-corrected chi connectivity index (χ2v) is 5.13. The quantitative estimate of drug-likeness (QED) is 0.708. The fraction of sp³-hybridized carbons (Fsp3) is 0.909. The van der Waals surface area contributed by atoms with Crippen LogP contribution in [-0.4, -0.2) is 59.7 Å². The number of carbonyl (C=O) groups excluding carboxylic acids is 1. The van der Waals surface area contributed by atoms with Gasteiger partial charge in [-0.15, -0.1) is 0 Å². The molecule has 2 N–H and O–H groups in total. The van der Waals surface area contributed by atoms with Crippen LogP contribution in [0.5, 0.6) is 0 Å². The number of thioether (sulfide) groups is 1. The first kappa shape index (κ1) is 13.8. The predicted molar refractivity (Wildman–Crippen MR) is 67.7 cm³/mol. The molecule has 0 aliphatic carbocycles. The van der Waals surface area contributed by atoms with Crippen molar-refractivity contribution in [2.45, 2.75) is 25.8 Å². The van der Waals surface area contributed by atoms with Crippen molar-refractivity contribution < 1.29 is 9.90 Å². The Labute approximate surface area is 102 Å². The van der Waals surface area contributed by atoms with Gasteiger partial charge in [0.05, 0.1) is 0 Å². The summed E-state index contributed by atoms with van der Waals surface area (Å²) in [5, 5.41) is 12.1. The van der Waals surface area contributed by atoms with Crippen molar-refractivity contribution in [2.24, 2.45) is 0 Å². The lowest BCUT2D eigenvalue weighted by Gasteiger charge is -2.26. The van der Waals surface area contributed by atoms with Gasteiger partial charge < -0.3 is 15.3 Å². The number of rotatable bonds is 6. The van der Waals surface area contributed by atoms with Crippen LogP contribution >= 0.6 is 11.8 Å². The normalized spacial score (nSPS) is 20.8. The molecule has 0 bridgehead atoms. The zero-order valence-corrected chi connectivity index (χ0v) is 10.8. The molecule has 5 heteroatoms. The molecular weight excluding hydrogens is 224 g/mol. The summed E-state index contributed by atoms with van der Waals surface area (Å²) in [6.07, 6.45) is 1.26. The van der Waals surface area contributed by atoms with E-state index in [4.69, 9.17) is 5.11 Å². The summed E-state index contributed by atoms with van der Waals surface area (Å²) in [6, 6.07) is 0.328. The molecule has 0 saturated carbocycles. The number of hydrogen-bond acceptors (Lipinski definition) is 4. The Morgan fingerprint density at radius 2 is 2.44 bits per heavy atom. The molecule has 16 heavy (non-hydrogen) atoms. The minimum Gasteiger partial charge on any atom is -0.396 e. The molecule has 1 aliphatic heterocycles. The molecule has 0 aromatic rings. The van der Waals surface area contributed by atoms with E-state index in [9.17, 15) is 4.79 Å². The van der Waals surface area contributed by atoms with E-state index in [0.29, 0.717) is 25.4 Å². The Hall–Kier alpha value is -0.260. The highest BCUT2D eigenvalue weighted by atomic mass is 32.2. The molecular formula is C11H22N2O2S. The third-order valence-electron chi connectivity index (χ3n) is 2.74. The molecule has 0 aromatic heterocycles. The van der Waals surface area contributed by atoms with Crippen LogP contribution in [0.1, 0.15) is 19.8 Å². The maximum Gasteiger partial charge on any atom is 0.224 e. The van der Waals surface area contributed by atoms with Crippen molar-refractivity contribution >= 4 is 17.7 Å². The lowest BCUT2D eigenvalue weighted by Crippen LogP contribution is -2.43. The van der Waals surface area contributed by atoms with E-state index in [1.807, 2.05) is 23.6 Å². The molecule has 1 atom stereocenters. The lowest BCUT2D eigenvalue weighted by atomic mass is 10.2. The van der Waals surface area contributed by atoms with Crippen molar-refractivity contribution in [3.05, 3.63) is 0 Å². The minimum absolute atomic E-state index is 0.154. The van der Waals surface area contributed by atoms with E-state index in [0.717, 1.165) is 24.6 Å². The first-order valence-corrected chi connectivity index (χ1v) is 7.13. The Balaban J connectivity index is 2.29. The maximum atomic E-state index is 11.9. The maximum absolute atomic E-state index is 11.9. The van der Waals surface area contributed by atoms with Crippen LogP contribution in [0.2, 0.25) is 0 Å². The van der Waals surface area contributed by atoms with Crippen LogP contribution in [-0.2, 0) is 4.79 Å². The van der Waals surface area contributed by atoms with Crippen molar-refractivity contribution in [3.8, 4) is 0 Å². The SMILES string of the molecule is CCN(CCCO)C(=O)CC1CSCCN1. The second-order valence-electron chi connectivity index (χ2n) is 3.98. The highest BCUT2D eigenvalue weighted by molar-refractivity contribution is 7.99. The van der Waals surface area contributed by atoms with Gasteiger partial charge in [0, 0.05) is 50.2 Å². The minimum atomic E-state index is 0.154. The molecule has 1 amide bonds. The highest BCUT2D eigenvalue weighted by Gasteiger charge is 2.19. The van der Waals surface area contributed by atoms with Gasteiger partial charge in [0.2, 0.25) is 5.91 Å². The predicted octanol–water partition coefficient (Wildman–Crippen LogP) is 0.312. The zero-order valence-electron chi connectivity index (χ0n) is 9.95. The van der Waals surface area contributed by atoms with Gasteiger partial charge in [-0.2, -0.15) is 11.8 Å². The number of nitrogens with zero attached hydrogens (tertiary/aromatic N) is 1. The van der Waals surface area contributed by atoms with E-state index >= 15 is 0 Å². The summed E-state index contributed by atoms with van der Waals surface area (Å²) in [4.78, 5) is 13.8. The number of aliphatic hydroxyl groups is 1. The van der Waals surface area contributed by atoms with Gasteiger partial charge in [-0.25, -0.2) is 0 Å². The van der Waals surface area contributed by atoms with Gasteiger partial charge >= 0.3 is 0 Å². The smallest absolute Gasteiger partial charge is 0.224 e. The van der Waals surface area contributed by atoms with Crippen molar-refractivity contribution in [2.75, 3.05) is 37.7 Å². The van der Waals surface area contributed by atoms with Crippen LogP contribution < -0.4 is 5.32 Å². The molecule has 0 aromatic carbocycles. The molecule has 1 fully saturated rings. The van der Waals surface area contributed by atoms with Gasteiger partial charge in [0.15, 0.2) is 0 Å². The Bertz CT molecular complexity index is 208. The fourth-order valence-electron chi connectivity index (χ4n) is 1.81. The average molecular weight is 246 g/mol. The lowest BCUT2D eigenvalue weighted by molar-refractivity contribution is -0.131. The number of amides is 1. The molecule has 1 aliphatic rings. The fourth-order valence-corrected chi connectivity index (χ4v) is 2.76. The van der Waals surface area contributed by atoms with Crippen molar-refractivity contribution in [3.63, 3.8) is 0 Å². The molecule has 94 valence electrons. The summed E-state index contributed by atoms with van der Waals surface area (Å²) in [6.45, 7) is 4.55. The van der Waals surface area contributed by atoms with Crippen LogP contribution in [0.4, 0.5) is 0 Å². The van der Waals surface area contributed by atoms with Gasteiger partial charge in [0.1, 0.15) is 0 Å². The number of aliphatic hydroxyl groups excluding tert-OH is 1. The topological polar surface area (TPSA) is 52.6 Å². The summed E-state index contributed by atoms with van der Waals surface area (Å²) in [7, 11) is 0. The second kappa shape index (κ2) is 7.92. The molecule has 1 unspecified atom stereocenters. The van der Waals surface area contributed by atoms with Crippen LogP contribution in [0, 0.1) is 0 Å². The zero-order chi connectivity index (χ0) is 11.8. The van der Waals surface area contributed by atoms with E-state index in [-0.39, 0.29) is 12.5 Å². The van der Waals surface area contributed by atoms with E-state index in [2.05, 4.69) is 5.32 Å². The van der Waals surface area contributed by atoms with E-state index < -0.39 is 0 Å². The van der Waals surface area contributed by atoms with E-state index in [1.165, 1.54) is 0 Å².